The fourth-order valence-corrected chi connectivity index (χ4v) is 2.44. The fourth-order valence-electron chi connectivity index (χ4n) is 2.44. The number of methoxy groups -OCH3 is 1. The van der Waals surface area contributed by atoms with Crippen LogP contribution in [0.5, 0.6) is 0 Å². The first kappa shape index (κ1) is 12.0. The summed E-state index contributed by atoms with van der Waals surface area (Å²) >= 11 is 0. The molecular formula is C13H21N3O2. The standard InChI is InChI=1S/C13H21N3O2/c1-10-7-16(12(14-10)15-11-3-4-11)8-13(17-2)5-6-18-9-13/h7,11H,3-6,8-9H2,1-2H3,(H,14,15). The van der Waals surface area contributed by atoms with Crippen molar-refractivity contribution >= 4 is 5.95 Å². The number of nitrogens with zero attached hydrogens (tertiary/aromatic N) is 2. The molecule has 0 bridgehead atoms. The smallest absolute Gasteiger partial charge is 0.203 e. The molecule has 1 saturated heterocycles. The molecule has 0 spiro atoms. The van der Waals surface area contributed by atoms with Gasteiger partial charge in [-0.2, -0.15) is 0 Å². The van der Waals surface area contributed by atoms with Gasteiger partial charge < -0.3 is 19.4 Å². The maximum Gasteiger partial charge on any atom is 0.203 e. The van der Waals surface area contributed by atoms with E-state index in [1.54, 1.807) is 7.11 Å². The predicted octanol–water partition coefficient (Wildman–Crippen LogP) is 1.57. The van der Waals surface area contributed by atoms with Crippen LogP contribution in [0.15, 0.2) is 6.20 Å². The Balaban J connectivity index is 1.77. The van der Waals surface area contributed by atoms with Crippen molar-refractivity contribution in [1.29, 1.82) is 0 Å². The predicted molar refractivity (Wildman–Crippen MR) is 68.8 cm³/mol. The molecular weight excluding hydrogens is 230 g/mol. The van der Waals surface area contributed by atoms with Crippen LogP contribution in [0.4, 0.5) is 5.95 Å². The van der Waals surface area contributed by atoms with Gasteiger partial charge in [-0.1, -0.05) is 0 Å². The van der Waals surface area contributed by atoms with Crippen molar-refractivity contribution in [2.24, 2.45) is 0 Å². The molecule has 5 nitrogen and oxygen atoms in total. The molecule has 1 aromatic rings. The van der Waals surface area contributed by atoms with Crippen LogP contribution in [0, 0.1) is 6.92 Å². The lowest BCUT2D eigenvalue weighted by Gasteiger charge is -2.26. The van der Waals surface area contributed by atoms with Gasteiger partial charge in [0.25, 0.3) is 0 Å². The van der Waals surface area contributed by atoms with Crippen LogP contribution in [0.2, 0.25) is 0 Å². The monoisotopic (exact) mass is 251 g/mol. The fraction of sp³-hybridized carbons (Fsp3) is 0.769. The first-order chi connectivity index (χ1) is 8.71. The highest BCUT2D eigenvalue weighted by molar-refractivity contribution is 5.32. The van der Waals surface area contributed by atoms with E-state index in [-0.39, 0.29) is 5.60 Å². The van der Waals surface area contributed by atoms with Crippen molar-refractivity contribution in [3.63, 3.8) is 0 Å². The van der Waals surface area contributed by atoms with E-state index in [0.717, 1.165) is 31.2 Å². The highest BCUT2D eigenvalue weighted by atomic mass is 16.5. The minimum Gasteiger partial charge on any atom is -0.378 e. The van der Waals surface area contributed by atoms with E-state index < -0.39 is 0 Å². The molecule has 18 heavy (non-hydrogen) atoms. The van der Waals surface area contributed by atoms with Gasteiger partial charge in [0, 0.05) is 32.4 Å². The molecule has 1 aliphatic heterocycles. The van der Waals surface area contributed by atoms with Crippen molar-refractivity contribution in [2.75, 3.05) is 25.6 Å². The van der Waals surface area contributed by atoms with Crippen molar-refractivity contribution in [2.45, 2.75) is 44.4 Å². The zero-order valence-electron chi connectivity index (χ0n) is 11.1. The molecule has 1 N–H and O–H groups in total. The molecule has 0 aromatic carbocycles. The van der Waals surface area contributed by atoms with Gasteiger partial charge in [-0.3, -0.25) is 0 Å². The van der Waals surface area contributed by atoms with E-state index in [2.05, 4.69) is 21.1 Å². The molecule has 1 atom stereocenters. The van der Waals surface area contributed by atoms with Crippen LogP contribution in [-0.4, -0.2) is 41.5 Å². The first-order valence-electron chi connectivity index (χ1n) is 6.64. The summed E-state index contributed by atoms with van der Waals surface area (Å²) < 4.78 is 13.3. The van der Waals surface area contributed by atoms with Gasteiger partial charge in [-0.15, -0.1) is 0 Å². The number of ether oxygens (including phenoxy) is 2. The van der Waals surface area contributed by atoms with Crippen molar-refractivity contribution in [1.82, 2.24) is 9.55 Å². The third-order valence-corrected chi connectivity index (χ3v) is 3.77. The lowest BCUT2D eigenvalue weighted by molar-refractivity contribution is -0.0291. The molecule has 3 rings (SSSR count). The van der Waals surface area contributed by atoms with E-state index in [9.17, 15) is 0 Å². The molecule has 100 valence electrons. The van der Waals surface area contributed by atoms with Crippen LogP contribution >= 0.6 is 0 Å². The maximum absolute atomic E-state index is 5.69. The topological polar surface area (TPSA) is 48.3 Å². The van der Waals surface area contributed by atoms with Crippen molar-refractivity contribution in [3.05, 3.63) is 11.9 Å². The Morgan fingerprint density at radius 2 is 2.44 bits per heavy atom. The number of aromatic nitrogens is 2. The quantitative estimate of drug-likeness (QED) is 0.863. The Hall–Kier alpha value is -1.07. The second-order valence-corrected chi connectivity index (χ2v) is 5.44. The summed E-state index contributed by atoms with van der Waals surface area (Å²) in [6.45, 7) is 4.29. The average Bonchev–Trinajstić information content (AvgIpc) is 2.93. The van der Waals surface area contributed by atoms with Crippen molar-refractivity contribution in [3.8, 4) is 0 Å². The number of aryl methyl sites for hydroxylation is 1. The summed E-state index contributed by atoms with van der Waals surface area (Å²) in [6.07, 6.45) is 5.54. The van der Waals surface area contributed by atoms with Gasteiger partial charge in [0.15, 0.2) is 0 Å². The van der Waals surface area contributed by atoms with Crippen LogP contribution in [0.1, 0.15) is 25.0 Å². The first-order valence-corrected chi connectivity index (χ1v) is 6.64. The SMILES string of the molecule is COC1(Cn2cc(C)nc2NC2CC2)CCOC1. The Bertz CT molecular complexity index is 420. The van der Waals surface area contributed by atoms with E-state index in [1.807, 2.05) is 6.92 Å². The minimum atomic E-state index is -0.187. The molecule has 1 saturated carbocycles. The van der Waals surface area contributed by atoms with Crippen LogP contribution in [-0.2, 0) is 16.0 Å². The number of hydrogen-bond donors (Lipinski definition) is 1. The number of anilines is 1. The van der Waals surface area contributed by atoms with Gasteiger partial charge in [0.2, 0.25) is 5.95 Å². The molecule has 5 heteroatoms. The largest absolute Gasteiger partial charge is 0.378 e. The summed E-state index contributed by atoms with van der Waals surface area (Å²) in [4.78, 5) is 4.55. The normalized spacial score (nSPS) is 27.7. The molecule has 2 aliphatic rings. The van der Waals surface area contributed by atoms with Gasteiger partial charge in [-0.05, 0) is 19.8 Å². The van der Waals surface area contributed by atoms with Gasteiger partial charge in [-0.25, -0.2) is 4.98 Å². The Labute approximate surface area is 107 Å². The number of hydrogen-bond acceptors (Lipinski definition) is 4. The lowest BCUT2D eigenvalue weighted by Crippen LogP contribution is -2.37. The average molecular weight is 251 g/mol. The van der Waals surface area contributed by atoms with Gasteiger partial charge >= 0.3 is 0 Å². The second kappa shape index (κ2) is 4.55. The maximum atomic E-state index is 5.69. The Kier molecular flexibility index (Phi) is 3.03. The molecule has 0 radical (unpaired) electrons. The van der Waals surface area contributed by atoms with Crippen LogP contribution < -0.4 is 5.32 Å². The third kappa shape index (κ3) is 2.37. The van der Waals surface area contributed by atoms with Crippen LogP contribution in [0.3, 0.4) is 0 Å². The zero-order valence-corrected chi connectivity index (χ0v) is 11.1. The molecule has 0 amide bonds. The second-order valence-electron chi connectivity index (χ2n) is 5.44. The van der Waals surface area contributed by atoms with Gasteiger partial charge in [0.1, 0.15) is 5.60 Å². The summed E-state index contributed by atoms with van der Waals surface area (Å²) in [6, 6.07) is 0.615. The lowest BCUT2D eigenvalue weighted by atomic mass is 10.0. The molecule has 2 heterocycles. The van der Waals surface area contributed by atoms with E-state index >= 15 is 0 Å². The van der Waals surface area contributed by atoms with E-state index in [0.29, 0.717) is 12.6 Å². The Morgan fingerprint density at radius 1 is 1.61 bits per heavy atom. The summed E-state index contributed by atoms with van der Waals surface area (Å²) in [5.41, 5.74) is 0.857. The number of imidazole rings is 1. The molecule has 1 unspecified atom stereocenters. The molecule has 1 aromatic heterocycles. The number of rotatable bonds is 5. The van der Waals surface area contributed by atoms with Crippen LogP contribution in [0.25, 0.3) is 0 Å². The summed E-state index contributed by atoms with van der Waals surface area (Å²) in [7, 11) is 1.77. The van der Waals surface area contributed by atoms with Crippen molar-refractivity contribution < 1.29 is 9.47 Å². The summed E-state index contributed by atoms with van der Waals surface area (Å²) in [5, 5.41) is 3.48. The van der Waals surface area contributed by atoms with E-state index in [4.69, 9.17) is 9.47 Å². The summed E-state index contributed by atoms with van der Waals surface area (Å²) in [5.74, 6) is 0.971. The molecule has 2 fully saturated rings. The number of nitrogens with one attached hydrogen (secondary N) is 1. The third-order valence-electron chi connectivity index (χ3n) is 3.77. The zero-order chi connectivity index (χ0) is 12.6. The Morgan fingerprint density at radius 3 is 3.06 bits per heavy atom. The molecule has 1 aliphatic carbocycles. The highest BCUT2D eigenvalue weighted by Gasteiger charge is 2.36. The van der Waals surface area contributed by atoms with Gasteiger partial charge in [0.05, 0.1) is 18.8 Å². The highest BCUT2D eigenvalue weighted by Crippen LogP contribution is 2.28. The minimum absolute atomic E-state index is 0.187. The van der Waals surface area contributed by atoms with E-state index in [1.165, 1.54) is 12.8 Å².